The van der Waals surface area contributed by atoms with Crippen molar-refractivity contribution >= 4 is 5.97 Å². The summed E-state index contributed by atoms with van der Waals surface area (Å²) in [6, 6.07) is 6.74. The largest absolute Gasteiger partial charge is 0.493 e. The summed E-state index contributed by atoms with van der Waals surface area (Å²) >= 11 is 0. The zero-order valence-electron chi connectivity index (χ0n) is 12.7. The van der Waals surface area contributed by atoms with E-state index in [9.17, 15) is 4.79 Å². The highest BCUT2D eigenvalue weighted by atomic mass is 16.5. The average Bonchev–Trinajstić information content (AvgIpc) is 2.56. The Kier molecular flexibility index (Phi) is 7.00. The summed E-state index contributed by atoms with van der Waals surface area (Å²) in [5, 5.41) is 8.81. The van der Waals surface area contributed by atoms with E-state index in [-0.39, 0.29) is 0 Å². The quantitative estimate of drug-likeness (QED) is 0.348. The van der Waals surface area contributed by atoms with Gasteiger partial charge in [-0.05, 0) is 43.4 Å². The highest BCUT2D eigenvalue weighted by molar-refractivity contribution is 5.90. The molecule has 114 valence electrons. The lowest BCUT2D eigenvalue weighted by Crippen LogP contribution is -2.01. The predicted molar refractivity (Wildman–Crippen MR) is 82.6 cm³/mol. The van der Waals surface area contributed by atoms with Crippen molar-refractivity contribution < 1.29 is 19.0 Å². The molecule has 0 spiro atoms. The molecular weight excluding hydrogens is 282 g/mol. The van der Waals surface area contributed by atoms with E-state index in [0.717, 1.165) is 0 Å². The lowest BCUT2D eigenvalue weighted by atomic mass is 10.2. The Bertz CT molecular complexity index is 651. The molecule has 22 heavy (non-hydrogen) atoms. The van der Waals surface area contributed by atoms with Crippen molar-refractivity contribution in [2.45, 2.75) is 6.92 Å². The highest BCUT2D eigenvalue weighted by Gasteiger charge is 2.10. The van der Waals surface area contributed by atoms with Gasteiger partial charge in [-0.3, -0.25) is 0 Å². The maximum atomic E-state index is 11.9. The number of ether oxygens (including phenoxy) is 3. The van der Waals surface area contributed by atoms with Gasteiger partial charge < -0.3 is 14.2 Å². The van der Waals surface area contributed by atoms with Gasteiger partial charge >= 0.3 is 5.97 Å². The second-order valence-electron chi connectivity index (χ2n) is 4.04. The Morgan fingerprint density at radius 2 is 1.95 bits per heavy atom. The van der Waals surface area contributed by atoms with Crippen LogP contribution in [0.4, 0.5) is 0 Å². The molecule has 5 nitrogen and oxygen atoms in total. The van der Waals surface area contributed by atoms with Crippen molar-refractivity contribution in [3.63, 3.8) is 0 Å². The molecule has 1 aromatic rings. The minimum absolute atomic E-state index is 0.334. The molecule has 1 rings (SSSR count). The number of hydrogen-bond donors (Lipinski definition) is 0. The van der Waals surface area contributed by atoms with Crippen molar-refractivity contribution in [1.82, 2.24) is 0 Å². The molecule has 5 heteroatoms. The molecule has 0 atom stereocenters. The maximum Gasteiger partial charge on any atom is 0.343 e. The predicted octanol–water partition coefficient (Wildman–Crippen LogP) is 3.40. The zero-order valence-corrected chi connectivity index (χ0v) is 12.7. The number of benzene rings is 1. The SMILES string of the molecule is C\C=C/C(C#N)=C\C=C\OC(=O)c1ccc(OC)c(OC)c1. The lowest BCUT2D eigenvalue weighted by molar-refractivity contribution is 0.0662. The fourth-order valence-electron chi connectivity index (χ4n) is 1.58. The van der Waals surface area contributed by atoms with Crippen molar-refractivity contribution in [3.8, 4) is 17.6 Å². The van der Waals surface area contributed by atoms with Gasteiger partial charge in [-0.2, -0.15) is 5.26 Å². The van der Waals surface area contributed by atoms with Crippen LogP contribution in [0, 0.1) is 11.3 Å². The topological polar surface area (TPSA) is 68.5 Å². The van der Waals surface area contributed by atoms with Crippen molar-refractivity contribution in [2.24, 2.45) is 0 Å². The van der Waals surface area contributed by atoms with Crippen LogP contribution < -0.4 is 9.47 Å². The number of nitriles is 1. The summed E-state index contributed by atoms with van der Waals surface area (Å²) in [5.41, 5.74) is 0.793. The van der Waals surface area contributed by atoms with Crippen LogP contribution in [0.5, 0.6) is 11.5 Å². The minimum atomic E-state index is -0.532. The number of carbonyl (C=O) groups excluding carboxylic acids is 1. The molecule has 0 radical (unpaired) electrons. The number of carbonyl (C=O) groups is 1. The number of nitrogens with zero attached hydrogens (tertiary/aromatic N) is 1. The Morgan fingerprint density at radius 3 is 2.55 bits per heavy atom. The third kappa shape index (κ3) is 4.84. The summed E-state index contributed by atoms with van der Waals surface area (Å²) in [6.07, 6.45) is 7.65. The minimum Gasteiger partial charge on any atom is -0.493 e. The van der Waals surface area contributed by atoms with Crippen LogP contribution in [0.3, 0.4) is 0 Å². The van der Waals surface area contributed by atoms with Crippen molar-refractivity contribution in [1.29, 1.82) is 5.26 Å². The maximum absolute atomic E-state index is 11.9. The third-order valence-corrected chi connectivity index (χ3v) is 2.62. The van der Waals surface area contributed by atoms with Crippen LogP contribution in [0.2, 0.25) is 0 Å². The van der Waals surface area contributed by atoms with Crippen LogP contribution >= 0.6 is 0 Å². The van der Waals surface area contributed by atoms with Gasteiger partial charge in [0.25, 0.3) is 0 Å². The molecule has 0 fully saturated rings. The Morgan fingerprint density at radius 1 is 1.23 bits per heavy atom. The van der Waals surface area contributed by atoms with Gasteiger partial charge in [0.05, 0.1) is 37.7 Å². The fraction of sp³-hybridized carbons (Fsp3) is 0.176. The van der Waals surface area contributed by atoms with Crippen molar-refractivity contribution in [3.05, 3.63) is 59.9 Å². The first-order valence-corrected chi connectivity index (χ1v) is 6.49. The van der Waals surface area contributed by atoms with Crippen LogP contribution in [0.1, 0.15) is 17.3 Å². The van der Waals surface area contributed by atoms with Gasteiger partial charge in [0.15, 0.2) is 11.5 Å². The van der Waals surface area contributed by atoms with Gasteiger partial charge in [0.1, 0.15) is 0 Å². The van der Waals surface area contributed by atoms with E-state index < -0.39 is 5.97 Å². The number of methoxy groups -OCH3 is 2. The molecule has 0 saturated carbocycles. The molecule has 0 bridgehead atoms. The van der Waals surface area contributed by atoms with E-state index >= 15 is 0 Å². The van der Waals surface area contributed by atoms with Gasteiger partial charge in [0.2, 0.25) is 0 Å². The second kappa shape index (κ2) is 9.03. The smallest absolute Gasteiger partial charge is 0.343 e. The molecule has 0 aliphatic carbocycles. The number of rotatable bonds is 6. The van der Waals surface area contributed by atoms with Gasteiger partial charge in [0, 0.05) is 0 Å². The van der Waals surface area contributed by atoms with E-state index in [4.69, 9.17) is 19.5 Å². The first kappa shape index (κ1) is 17.1. The van der Waals surface area contributed by atoms with Crippen LogP contribution in [0.25, 0.3) is 0 Å². The number of hydrogen-bond acceptors (Lipinski definition) is 5. The van der Waals surface area contributed by atoms with Gasteiger partial charge in [-0.25, -0.2) is 4.79 Å². The molecular formula is C17H17NO4. The lowest BCUT2D eigenvalue weighted by Gasteiger charge is -2.08. The van der Waals surface area contributed by atoms with Crippen molar-refractivity contribution in [2.75, 3.05) is 14.2 Å². The van der Waals surface area contributed by atoms with Crippen LogP contribution in [-0.4, -0.2) is 20.2 Å². The molecule has 0 saturated heterocycles. The van der Waals surface area contributed by atoms with E-state index in [1.807, 2.05) is 13.0 Å². The van der Waals surface area contributed by atoms with Gasteiger partial charge in [-0.15, -0.1) is 0 Å². The fourth-order valence-corrected chi connectivity index (χ4v) is 1.58. The molecule has 0 unspecified atom stereocenters. The molecule has 0 N–H and O–H groups in total. The van der Waals surface area contributed by atoms with Crippen LogP contribution in [0.15, 0.2) is 54.3 Å². The Balaban J connectivity index is 2.76. The Labute approximate surface area is 129 Å². The summed E-state index contributed by atoms with van der Waals surface area (Å²) in [5.74, 6) is 0.443. The van der Waals surface area contributed by atoms with E-state index in [1.54, 1.807) is 30.4 Å². The third-order valence-electron chi connectivity index (χ3n) is 2.62. The normalized spacial score (nSPS) is 11.5. The summed E-state index contributed by atoms with van der Waals surface area (Å²) in [4.78, 5) is 11.9. The highest BCUT2D eigenvalue weighted by Crippen LogP contribution is 2.27. The molecule has 0 heterocycles. The molecule has 0 aliphatic heterocycles. The van der Waals surface area contributed by atoms with E-state index in [2.05, 4.69) is 0 Å². The second-order valence-corrected chi connectivity index (χ2v) is 4.04. The van der Waals surface area contributed by atoms with Crippen LogP contribution in [-0.2, 0) is 4.74 Å². The summed E-state index contributed by atoms with van der Waals surface area (Å²) in [7, 11) is 3.00. The molecule has 0 aliphatic rings. The molecule has 0 amide bonds. The number of allylic oxidation sites excluding steroid dienone is 5. The molecule has 1 aromatic carbocycles. The first-order valence-electron chi connectivity index (χ1n) is 6.49. The first-order chi connectivity index (χ1) is 10.7. The molecule has 0 aromatic heterocycles. The van der Waals surface area contributed by atoms with E-state index in [0.29, 0.717) is 22.6 Å². The standard InChI is InChI=1S/C17H17NO4/c1-4-6-13(12-18)7-5-10-22-17(19)14-8-9-15(20-2)16(11-14)21-3/h4-11H,1-3H3/b6-4-,10-5+,13-7+. The average molecular weight is 299 g/mol. The summed E-state index contributed by atoms with van der Waals surface area (Å²) in [6.45, 7) is 1.81. The van der Waals surface area contributed by atoms with Gasteiger partial charge in [-0.1, -0.05) is 6.08 Å². The van der Waals surface area contributed by atoms with E-state index in [1.165, 1.54) is 32.6 Å². The zero-order chi connectivity index (χ0) is 16.4. The Hall–Kier alpha value is -3.00. The summed E-state index contributed by atoms with van der Waals surface area (Å²) < 4.78 is 15.2. The number of esters is 1. The monoisotopic (exact) mass is 299 g/mol.